The molecule has 0 amide bonds. The van der Waals surface area contributed by atoms with Crippen molar-refractivity contribution in [1.82, 2.24) is 9.97 Å². The number of fused-ring (bicyclic) bond motifs is 1. The number of hydrogen-bond acceptors (Lipinski definition) is 2. The average molecular weight is 315 g/mol. The summed E-state index contributed by atoms with van der Waals surface area (Å²) in [6.07, 6.45) is 2.37. The molecular formula is C11H14IN3. The first-order valence-corrected chi connectivity index (χ1v) is 6.26. The van der Waals surface area contributed by atoms with E-state index >= 15 is 0 Å². The van der Waals surface area contributed by atoms with Crippen molar-refractivity contribution in [3.8, 4) is 0 Å². The molecule has 0 unspecified atom stereocenters. The standard InChI is InChI=1S/C11H14IN3/c1-2-3-6-13-11-14-9-5-4-8(12)7-10(9)15-11/h4-5,7H,2-3,6H2,1H3,(H2,13,14,15). The summed E-state index contributed by atoms with van der Waals surface area (Å²) in [5.74, 6) is 0.875. The van der Waals surface area contributed by atoms with Crippen LogP contribution in [-0.2, 0) is 0 Å². The number of rotatable bonds is 4. The maximum absolute atomic E-state index is 4.46. The van der Waals surface area contributed by atoms with Gasteiger partial charge in [0.2, 0.25) is 5.95 Å². The predicted octanol–water partition coefficient (Wildman–Crippen LogP) is 3.38. The van der Waals surface area contributed by atoms with E-state index in [2.05, 4.69) is 56.9 Å². The van der Waals surface area contributed by atoms with Crippen molar-refractivity contribution in [2.45, 2.75) is 19.8 Å². The van der Waals surface area contributed by atoms with E-state index in [1.807, 2.05) is 6.07 Å². The van der Waals surface area contributed by atoms with Crippen LogP contribution in [0.3, 0.4) is 0 Å². The molecule has 2 aromatic rings. The van der Waals surface area contributed by atoms with E-state index in [1.165, 1.54) is 16.4 Å². The number of nitrogens with zero attached hydrogens (tertiary/aromatic N) is 1. The minimum absolute atomic E-state index is 0.875. The van der Waals surface area contributed by atoms with Crippen LogP contribution in [0.2, 0.25) is 0 Å². The molecule has 2 rings (SSSR count). The van der Waals surface area contributed by atoms with Crippen molar-refractivity contribution < 1.29 is 0 Å². The third-order valence-corrected chi connectivity index (χ3v) is 2.94. The number of aromatic nitrogens is 2. The number of unbranched alkanes of at least 4 members (excludes halogenated alkanes) is 1. The zero-order valence-electron chi connectivity index (χ0n) is 8.68. The third kappa shape index (κ3) is 2.62. The highest BCUT2D eigenvalue weighted by molar-refractivity contribution is 14.1. The summed E-state index contributed by atoms with van der Waals surface area (Å²) < 4.78 is 1.23. The maximum atomic E-state index is 4.46. The minimum atomic E-state index is 0.875. The largest absolute Gasteiger partial charge is 0.356 e. The molecule has 0 bridgehead atoms. The summed E-state index contributed by atoms with van der Waals surface area (Å²) in [6, 6.07) is 6.21. The first kappa shape index (κ1) is 10.7. The number of halogens is 1. The zero-order chi connectivity index (χ0) is 10.7. The van der Waals surface area contributed by atoms with Gasteiger partial charge in [0.15, 0.2) is 0 Å². The number of benzene rings is 1. The lowest BCUT2D eigenvalue weighted by Crippen LogP contribution is -2.01. The van der Waals surface area contributed by atoms with Crippen LogP contribution in [0.15, 0.2) is 18.2 Å². The second-order valence-electron chi connectivity index (χ2n) is 3.53. The number of H-pyrrole nitrogens is 1. The van der Waals surface area contributed by atoms with E-state index in [-0.39, 0.29) is 0 Å². The summed E-state index contributed by atoms with van der Waals surface area (Å²) in [4.78, 5) is 7.72. The van der Waals surface area contributed by atoms with E-state index in [1.54, 1.807) is 0 Å². The molecule has 0 aliphatic heterocycles. The highest BCUT2D eigenvalue weighted by atomic mass is 127. The summed E-state index contributed by atoms with van der Waals surface area (Å²) in [5.41, 5.74) is 2.12. The fraction of sp³-hybridized carbons (Fsp3) is 0.364. The van der Waals surface area contributed by atoms with Gasteiger partial charge in [0.1, 0.15) is 0 Å². The Morgan fingerprint density at radius 3 is 3.13 bits per heavy atom. The molecule has 2 N–H and O–H groups in total. The fourth-order valence-electron chi connectivity index (χ4n) is 1.45. The molecule has 0 aliphatic rings. The topological polar surface area (TPSA) is 40.7 Å². The first-order valence-electron chi connectivity index (χ1n) is 5.18. The molecule has 0 fully saturated rings. The van der Waals surface area contributed by atoms with Gasteiger partial charge < -0.3 is 10.3 Å². The smallest absolute Gasteiger partial charge is 0.201 e. The number of nitrogens with one attached hydrogen (secondary N) is 2. The monoisotopic (exact) mass is 315 g/mol. The molecule has 0 atom stereocenters. The van der Waals surface area contributed by atoms with Gasteiger partial charge in [-0.3, -0.25) is 0 Å². The van der Waals surface area contributed by atoms with Crippen molar-refractivity contribution in [3.05, 3.63) is 21.8 Å². The molecule has 3 nitrogen and oxygen atoms in total. The molecule has 1 aromatic carbocycles. The van der Waals surface area contributed by atoms with Crippen LogP contribution in [0.1, 0.15) is 19.8 Å². The van der Waals surface area contributed by atoms with Gasteiger partial charge in [0.25, 0.3) is 0 Å². The van der Waals surface area contributed by atoms with Crippen LogP contribution in [0, 0.1) is 3.57 Å². The van der Waals surface area contributed by atoms with Gasteiger partial charge in [0.05, 0.1) is 11.0 Å². The molecule has 0 saturated heterocycles. The van der Waals surface area contributed by atoms with Crippen LogP contribution in [-0.4, -0.2) is 16.5 Å². The summed E-state index contributed by atoms with van der Waals surface area (Å²) in [7, 11) is 0. The highest BCUT2D eigenvalue weighted by Gasteiger charge is 2.01. The Morgan fingerprint density at radius 2 is 2.33 bits per heavy atom. The average Bonchev–Trinajstić information content (AvgIpc) is 2.60. The van der Waals surface area contributed by atoms with Gasteiger partial charge >= 0.3 is 0 Å². The normalized spacial score (nSPS) is 10.8. The Kier molecular flexibility index (Phi) is 3.45. The third-order valence-electron chi connectivity index (χ3n) is 2.27. The first-order chi connectivity index (χ1) is 7.29. The molecule has 1 aromatic heterocycles. The van der Waals surface area contributed by atoms with Crippen molar-refractivity contribution in [1.29, 1.82) is 0 Å². The van der Waals surface area contributed by atoms with Gasteiger partial charge in [-0.25, -0.2) is 4.98 Å². The molecule has 0 aliphatic carbocycles. The van der Waals surface area contributed by atoms with Crippen LogP contribution in [0.4, 0.5) is 5.95 Å². The summed E-state index contributed by atoms with van der Waals surface area (Å²) in [5, 5.41) is 3.29. The van der Waals surface area contributed by atoms with Gasteiger partial charge in [-0.15, -0.1) is 0 Å². The van der Waals surface area contributed by atoms with Crippen molar-refractivity contribution in [2.75, 3.05) is 11.9 Å². The van der Waals surface area contributed by atoms with E-state index in [0.717, 1.165) is 23.5 Å². The van der Waals surface area contributed by atoms with E-state index in [9.17, 15) is 0 Å². The second-order valence-corrected chi connectivity index (χ2v) is 4.77. The van der Waals surface area contributed by atoms with E-state index < -0.39 is 0 Å². The second kappa shape index (κ2) is 4.83. The van der Waals surface area contributed by atoms with Crippen LogP contribution >= 0.6 is 22.6 Å². The van der Waals surface area contributed by atoms with E-state index in [4.69, 9.17) is 0 Å². The van der Waals surface area contributed by atoms with E-state index in [0.29, 0.717) is 0 Å². The molecule has 0 saturated carbocycles. The fourth-order valence-corrected chi connectivity index (χ4v) is 1.94. The number of imidazole rings is 1. The van der Waals surface area contributed by atoms with Gasteiger partial charge in [-0.05, 0) is 47.2 Å². The van der Waals surface area contributed by atoms with Gasteiger partial charge in [0, 0.05) is 10.1 Å². The summed E-state index contributed by atoms with van der Waals surface area (Å²) in [6.45, 7) is 3.16. The van der Waals surface area contributed by atoms with Crippen LogP contribution < -0.4 is 5.32 Å². The molecule has 4 heteroatoms. The zero-order valence-corrected chi connectivity index (χ0v) is 10.8. The predicted molar refractivity (Wildman–Crippen MR) is 72.2 cm³/mol. The van der Waals surface area contributed by atoms with Crippen LogP contribution in [0.25, 0.3) is 11.0 Å². The molecule has 0 spiro atoms. The highest BCUT2D eigenvalue weighted by Crippen LogP contribution is 2.17. The number of aromatic amines is 1. The van der Waals surface area contributed by atoms with Crippen molar-refractivity contribution >= 4 is 39.6 Å². The molecule has 15 heavy (non-hydrogen) atoms. The lowest BCUT2D eigenvalue weighted by Gasteiger charge is -1.98. The van der Waals surface area contributed by atoms with Crippen LogP contribution in [0.5, 0.6) is 0 Å². The molecule has 0 radical (unpaired) electrons. The Morgan fingerprint density at radius 1 is 1.47 bits per heavy atom. The lowest BCUT2D eigenvalue weighted by atomic mass is 10.3. The Bertz CT molecular complexity index is 450. The Balaban J connectivity index is 2.16. The summed E-state index contributed by atoms with van der Waals surface area (Å²) >= 11 is 2.30. The molecular weight excluding hydrogens is 301 g/mol. The SMILES string of the molecule is CCCCNc1nc2ccc(I)cc2[nH]1. The molecule has 1 heterocycles. The quantitative estimate of drug-likeness (QED) is 0.671. The molecule has 80 valence electrons. The number of hydrogen-bond donors (Lipinski definition) is 2. The minimum Gasteiger partial charge on any atom is -0.356 e. The Hall–Kier alpha value is -0.780. The van der Waals surface area contributed by atoms with Gasteiger partial charge in [-0.2, -0.15) is 0 Å². The lowest BCUT2D eigenvalue weighted by molar-refractivity contribution is 0.829. The van der Waals surface area contributed by atoms with Crippen molar-refractivity contribution in [2.24, 2.45) is 0 Å². The number of anilines is 1. The van der Waals surface area contributed by atoms with Crippen molar-refractivity contribution in [3.63, 3.8) is 0 Å². The Labute approximate surface area is 103 Å². The maximum Gasteiger partial charge on any atom is 0.201 e. The van der Waals surface area contributed by atoms with Gasteiger partial charge in [-0.1, -0.05) is 13.3 Å².